The lowest BCUT2D eigenvalue weighted by Gasteiger charge is -1.07. The largest absolute Gasteiger partial charge is 0.0776 e. The van der Waals surface area contributed by atoms with E-state index in [9.17, 15) is 0 Å². The van der Waals surface area contributed by atoms with Crippen LogP contribution in [0.3, 0.4) is 0 Å². The van der Waals surface area contributed by atoms with Crippen LogP contribution < -0.4 is 0 Å². The molecule has 0 heterocycles. The van der Waals surface area contributed by atoms with Crippen molar-refractivity contribution in [3.8, 4) is 0 Å². The maximum absolute atomic E-state index is 2.00. The summed E-state index contributed by atoms with van der Waals surface area (Å²) >= 11 is 0. The Hall–Kier alpha value is 0. The van der Waals surface area contributed by atoms with E-state index in [-0.39, 0.29) is 111 Å². The quantitative estimate of drug-likeness (QED) is 0.237. The predicted molar refractivity (Wildman–Crippen MR) is 271 cm³/mol. The first-order chi connectivity index (χ1) is 15.0. The fraction of sp³-hybridized carbons (Fsp3) is 1.00. The summed E-state index contributed by atoms with van der Waals surface area (Å²) in [6, 6.07) is 0. The van der Waals surface area contributed by atoms with Gasteiger partial charge in [-0.3, -0.25) is 0 Å². The van der Waals surface area contributed by atoms with Crippen molar-refractivity contribution >= 4 is 0 Å². The van der Waals surface area contributed by atoms with E-state index in [1.807, 2.05) is 208 Å². The second kappa shape index (κ2) is 0. The first kappa shape index (κ1) is 387. The van der Waals surface area contributed by atoms with Crippen LogP contribution in [0.2, 0.25) is 0 Å². The predicted octanol–water partition coefficient (Wildman–Crippen LogP) is 24.9. The van der Waals surface area contributed by atoms with E-state index in [0.717, 1.165) is 0 Å². The highest BCUT2D eigenvalue weighted by molar-refractivity contribution is 3.53. The molecule has 0 bridgehead atoms. The van der Waals surface area contributed by atoms with Crippen molar-refractivity contribution in [2.75, 3.05) is 0 Å². The van der Waals surface area contributed by atoms with Crippen LogP contribution in [0, 0.1) is 0 Å². The SMILES string of the molecule is C.C.C.C.C.C.C.C.C.C.C.C.C.C.C.CC.CC.CC.CC.CC.CC.CC.CC.CC.CC.CC.CC.CC.CC.CC. The normalized spacial score (nSPS) is 2.00. The Morgan fingerprint density at radius 3 is 0.0667 bits per heavy atom. The van der Waals surface area contributed by atoms with E-state index in [4.69, 9.17) is 0 Å². The number of hydrogen-bond donors (Lipinski definition) is 0. The Morgan fingerprint density at radius 2 is 0.0667 bits per heavy atom. The minimum Gasteiger partial charge on any atom is -0.0776 e. The van der Waals surface area contributed by atoms with Gasteiger partial charge in [-0.05, 0) is 0 Å². The minimum atomic E-state index is 0. The monoisotopic (exact) mass is 691 g/mol. The minimum absolute atomic E-state index is 0. The van der Waals surface area contributed by atoms with E-state index < -0.39 is 0 Å². The van der Waals surface area contributed by atoms with Gasteiger partial charge in [0.05, 0.1) is 0 Å². The summed E-state index contributed by atoms with van der Waals surface area (Å²) in [7, 11) is 0. The van der Waals surface area contributed by atoms with E-state index in [0.29, 0.717) is 0 Å². The van der Waals surface area contributed by atoms with Crippen LogP contribution >= 0.6 is 0 Å². The number of rotatable bonds is 0. The zero-order valence-electron chi connectivity index (χ0n) is 30.0. The van der Waals surface area contributed by atoms with E-state index in [1.54, 1.807) is 0 Å². The summed E-state index contributed by atoms with van der Waals surface area (Å²) in [4.78, 5) is 0. The van der Waals surface area contributed by atoms with Gasteiger partial charge in [-0.15, -0.1) is 0 Å². The molecule has 0 aliphatic rings. The Balaban J connectivity index is -0.00000000187. The molecule has 330 valence electrons. The molecule has 0 rings (SSSR count). The Kier molecular flexibility index (Phi) is 0. The molecule has 0 aliphatic heterocycles. The van der Waals surface area contributed by atoms with Gasteiger partial charge in [0, 0.05) is 0 Å². The van der Waals surface area contributed by atoms with E-state index in [2.05, 4.69) is 0 Å². The highest BCUT2D eigenvalue weighted by Gasteiger charge is 0.960. The molecule has 0 nitrogen and oxygen atoms in total. The van der Waals surface area contributed by atoms with Gasteiger partial charge in [0.25, 0.3) is 0 Å². The van der Waals surface area contributed by atoms with Crippen LogP contribution in [0.5, 0.6) is 0 Å². The smallest absolute Gasteiger partial charge is 0.0683 e. The third-order valence-corrected chi connectivity index (χ3v) is 0. The maximum atomic E-state index is 2.00. The second-order valence-corrected chi connectivity index (χ2v) is 0. The molecule has 0 amide bonds. The van der Waals surface area contributed by atoms with Crippen molar-refractivity contribution in [1.29, 1.82) is 0 Å². The van der Waals surface area contributed by atoms with Crippen molar-refractivity contribution in [3.63, 3.8) is 0 Å². The third kappa shape index (κ3) is 0. The average molecular weight is 692 g/mol. The number of hydrogen-bond acceptors (Lipinski definition) is 0. The van der Waals surface area contributed by atoms with Crippen LogP contribution in [0.25, 0.3) is 0 Å². The Morgan fingerprint density at radius 1 is 0.0667 bits per heavy atom. The molecule has 0 saturated carbocycles. The lowest BCUT2D eigenvalue weighted by molar-refractivity contribution is 1.50. The molecule has 0 spiro atoms. The van der Waals surface area contributed by atoms with Crippen LogP contribution in [0.4, 0.5) is 0 Å². The lowest BCUT2D eigenvalue weighted by Crippen LogP contribution is -0.856. The molecule has 0 unspecified atom stereocenters. The first-order valence-corrected chi connectivity index (χ1v) is 15.0. The summed E-state index contributed by atoms with van der Waals surface area (Å²) in [5, 5.41) is 0. The zero-order valence-corrected chi connectivity index (χ0v) is 30.0. The summed E-state index contributed by atoms with van der Waals surface area (Å²) in [6.45, 7) is 60.0. The molecule has 45 heavy (non-hydrogen) atoms. The summed E-state index contributed by atoms with van der Waals surface area (Å²) in [5.41, 5.74) is 0. The lowest BCUT2D eigenvalue weighted by atomic mass is 11.0. The highest BCUT2D eigenvalue weighted by Crippen LogP contribution is 1.17. The average Bonchev–Trinajstić information content (AvgIpc) is 3.00. The van der Waals surface area contributed by atoms with Crippen molar-refractivity contribution < 1.29 is 0 Å². The first-order valence-electron chi connectivity index (χ1n) is 15.0. The van der Waals surface area contributed by atoms with Gasteiger partial charge in [0.1, 0.15) is 0 Å². The Labute approximate surface area is 318 Å². The molecule has 0 aromatic rings. The standard InChI is InChI=1S/15C2H6.15CH4/c15*1-2;;;;;;;;;;;;;;;/h15*1-2H3;15*1H4. The fourth-order valence-corrected chi connectivity index (χ4v) is 0. The molecule has 0 aromatic carbocycles. The van der Waals surface area contributed by atoms with Gasteiger partial charge in [-0.25, -0.2) is 0 Å². The molecular formula is C45H150. The van der Waals surface area contributed by atoms with Gasteiger partial charge in [-0.1, -0.05) is 319 Å². The molecular weight excluding hydrogens is 540 g/mol. The summed E-state index contributed by atoms with van der Waals surface area (Å²) in [5.74, 6) is 0. The van der Waals surface area contributed by atoms with Gasteiger partial charge >= 0.3 is 0 Å². The molecule has 0 aliphatic carbocycles. The van der Waals surface area contributed by atoms with Crippen molar-refractivity contribution in [1.82, 2.24) is 0 Å². The molecule has 0 saturated heterocycles. The highest BCUT2D eigenvalue weighted by atomic mass is 13.0. The van der Waals surface area contributed by atoms with Crippen molar-refractivity contribution in [2.45, 2.75) is 319 Å². The van der Waals surface area contributed by atoms with Crippen molar-refractivity contribution in [2.24, 2.45) is 0 Å². The van der Waals surface area contributed by atoms with Gasteiger partial charge in [0.2, 0.25) is 0 Å². The van der Waals surface area contributed by atoms with Crippen LogP contribution in [0.1, 0.15) is 319 Å². The van der Waals surface area contributed by atoms with Crippen LogP contribution in [-0.4, -0.2) is 0 Å². The van der Waals surface area contributed by atoms with Crippen LogP contribution in [0.15, 0.2) is 0 Å². The molecule has 0 fully saturated rings. The topological polar surface area (TPSA) is 0 Å². The fourth-order valence-electron chi connectivity index (χ4n) is 0. The zero-order chi connectivity index (χ0) is 30.0. The molecule has 0 N–H and O–H groups in total. The van der Waals surface area contributed by atoms with Gasteiger partial charge in [0.15, 0.2) is 0 Å². The summed E-state index contributed by atoms with van der Waals surface area (Å²) < 4.78 is 0. The molecule has 0 heteroatoms. The van der Waals surface area contributed by atoms with Gasteiger partial charge < -0.3 is 0 Å². The molecule has 0 atom stereocenters. The van der Waals surface area contributed by atoms with E-state index in [1.165, 1.54) is 0 Å². The maximum Gasteiger partial charge on any atom is -0.0683 e. The molecule has 0 aromatic heterocycles. The third-order valence-electron chi connectivity index (χ3n) is 0. The second-order valence-electron chi connectivity index (χ2n) is 0. The molecule has 0 radical (unpaired) electrons. The summed E-state index contributed by atoms with van der Waals surface area (Å²) in [6.07, 6.45) is 0. The van der Waals surface area contributed by atoms with Crippen molar-refractivity contribution in [3.05, 3.63) is 0 Å². The van der Waals surface area contributed by atoms with E-state index >= 15 is 0 Å². The van der Waals surface area contributed by atoms with Gasteiger partial charge in [-0.2, -0.15) is 0 Å². The Bertz CT molecular complexity index is 0. The van der Waals surface area contributed by atoms with Crippen LogP contribution in [-0.2, 0) is 0 Å².